The zero-order valence-corrected chi connectivity index (χ0v) is 13.1. The highest BCUT2D eigenvalue weighted by atomic mass is 32.1. The predicted molar refractivity (Wildman–Crippen MR) is 80.1 cm³/mol. The van der Waals surface area contributed by atoms with Crippen molar-refractivity contribution in [1.29, 1.82) is 0 Å². The summed E-state index contributed by atoms with van der Waals surface area (Å²) >= 11 is 1.41. The molecule has 1 saturated heterocycles. The molecule has 0 spiro atoms. The van der Waals surface area contributed by atoms with Crippen LogP contribution in [0.15, 0.2) is 12.1 Å². The molecule has 5 heteroatoms. The van der Waals surface area contributed by atoms with E-state index in [4.69, 9.17) is 0 Å². The Morgan fingerprint density at radius 1 is 1.24 bits per heavy atom. The number of amides is 2. The molecule has 4 nitrogen and oxygen atoms in total. The van der Waals surface area contributed by atoms with Crippen molar-refractivity contribution in [2.24, 2.45) is 17.8 Å². The number of nitrogens with zero attached hydrogens (tertiary/aromatic N) is 1. The second-order valence-electron chi connectivity index (χ2n) is 6.05. The maximum Gasteiger partial charge on any atom is 0.233 e. The Balaban J connectivity index is 1.72. The number of hydrogen-bond acceptors (Lipinski definition) is 4. The number of hydrogen-bond donors (Lipinski definition) is 0. The molecule has 2 fully saturated rings. The number of fused-ring (bicyclic) bond motifs is 1. The zero-order chi connectivity index (χ0) is 15.1. The van der Waals surface area contributed by atoms with Crippen LogP contribution in [0.4, 0.5) is 0 Å². The van der Waals surface area contributed by atoms with Crippen molar-refractivity contribution in [1.82, 2.24) is 4.90 Å². The Labute approximate surface area is 128 Å². The summed E-state index contributed by atoms with van der Waals surface area (Å²) in [7, 11) is 0. The van der Waals surface area contributed by atoms with Crippen LogP contribution in [0.1, 0.15) is 40.7 Å². The minimum Gasteiger partial charge on any atom is -0.291 e. The van der Waals surface area contributed by atoms with Crippen LogP contribution >= 0.6 is 11.3 Å². The minimum absolute atomic E-state index is 0.0958. The number of carbonyl (C=O) groups excluding carboxylic acids is 3. The molecule has 21 heavy (non-hydrogen) atoms. The van der Waals surface area contributed by atoms with E-state index in [0.717, 1.165) is 24.1 Å². The van der Waals surface area contributed by atoms with Gasteiger partial charge in [0.15, 0.2) is 5.78 Å². The monoisotopic (exact) mass is 305 g/mol. The fraction of sp³-hybridized carbons (Fsp3) is 0.562. The van der Waals surface area contributed by atoms with E-state index in [1.54, 1.807) is 6.07 Å². The number of ketones is 1. The smallest absolute Gasteiger partial charge is 0.233 e. The van der Waals surface area contributed by atoms with Crippen molar-refractivity contribution in [2.45, 2.75) is 33.1 Å². The molecular weight excluding hydrogens is 286 g/mol. The van der Waals surface area contributed by atoms with E-state index in [1.165, 1.54) is 16.2 Å². The van der Waals surface area contributed by atoms with Gasteiger partial charge in [0.25, 0.3) is 0 Å². The first kappa shape index (κ1) is 14.4. The summed E-state index contributed by atoms with van der Waals surface area (Å²) in [5.74, 6) is -0.293. The average molecular weight is 305 g/mol. The number of carbonyl (C=O) groups is 3. The second-order valence-corrected chi connectivity index (χ2v) is 7.34. The Bertz CT molecular complexity index is 582. The van der Waals surface area contributed by atoms with Gasteiger partial charge in [-0.25, -0.2) is 0 Å². The lowest BCUT2D eigenvalue weighted by Crippen LogP contribution is -2.36. The van der Waals surface area contributed by atoms with Crippen LogP contribution in [0.25, 0.3) is 0 Å². The van der Waals surface area contributed by atoms with Gasteiger partial charge in [-0.05, 0) is 37.8 Å². The summed E-state index contributed by atoms with van der Waals surface area (Å²) in [5.41, 5.74) is 0. The molecular formula is C16H19NO3S. The van der Waals surface area contributed by atoms with Gasteiger partial charge in [-0.2, -0.15) is 0 Å². The molecule has 2 aliphatic rings. The maximum atomic E-state index is 12.4. The lowest BCUT2D eigenvalue weighted by Gasteiger charge is -2.16. The van der Waals surface area contributed by atoms with E-state index in [2.05, 4.69) is 6.92 Å². The van der Waals surface area contributed by atoms with Crippen LogP contribution in [0, 0.1) is 24.7 Å². The van der Waals surface area contributed by atoms with E-state index in [0.29, 0.717) is 10.8 Å². The molecule has 0 bridgehead atoms. The molecule has 3 rings (SSSR count). The number of Topliss-reactive ketones (excluding diaryl/α,β-unsaturated/α-hetero) is 1. The lowest BCUT2D eigenvalue weighted by molar-refractivity contribution is -0.139. The highest BCUT2D eigenvalue weighted by molar-refractivity contribution is 7.14. The van der Waals surface area contributed by atoms with Crippen LogP contribution in [0.5, 0.6) is 0 Å². The van der Waals surface area contributed by atoms with Gasteiger partial charge < -0.3 is 0 Å². The van der Waals surface area contributed by atoms with E-state index < -0.39 is 0 Å². The molecule has 1 aliphatic carbocycles. The van der Waals surface area contributed by atoms with Crippen LogP contribution < -0.4 is 0 Å². The molecule has 0 aromatic carbocycles. The largest absolute Gasteiger partial charge is 0.291 e. The Hall–Kier alpha value is -1.49. The maximum absolute atomic E-state index is 12.4. The molecule has 2 atom stereocenters. The predicted octanol–water partition coefficient (Wildman–Crippen LogP) is 2.66. The minimum atomic E-state index is -0.180. The molecule has 1 saturated carbocycles. The van der Waals surface area contributed by atoms with Gasteiger partial charge in [-0.1, -0.05) is 13.3 Å². The summed E-state index contributed by atoms with van der Waals surface area (Å²) in [5, 5.41) is 0. The van der Waals surface area contributed by atoms with Gasteiger partial charge in [0.2, 0.25) is 11.8 Å². The van der Waals surface area contributed by atoms with Crippen LogP contribution in [0.3, 0.4) is 0 Å². The fourth-order valence-electron chi connectivity index (χ4n) is 3.49. The van der Waals surface area contributed by atoms with Crippen LogP contribution in [-0.2, 0) is 9.59 Å². The van der Waals surface area contributed by atoms with E-state index in [1.807, 2.05) is 13.0 Å². The Morgan fingerprint density at radius 2 is 1.86 bits per heavy atom. The van der Waals surface area contributed by atoms with E-state index in [-0.39, 0.29) is 36.0 Å². The Morgan fingerprint density at radius 3 is 2.33 bits per heavy atom. The molecule has 1 aromatic rings. The van der Waals surface area contributed by atoms with Crippen molar-refractivity contribution < 1.29 is 14.4 Å². The topological polar surface area (TPSA) is 54.5 Å². The van der Waals surface area contributed by atoms with Crippen LogP contribution in [-0.4, -0.2) is 29.0 Å². The number of likely N-dealkylation sites (tertiary alicyclic amines) is 1. The highest BCUT2D eigenvalue weighted by Crippen LogP contribution is 2.44. The first-order chi connectivity index (χ1) is 10.0. The van der Waals surface area contributed by atoms with E-state index >= 15 is 0 Å². The third kappa shape index (κ3) is 2.44. The number of aryl methyl sites for hydroxylation is 1. The molecule has 2 amide bonds. The van der Waals surface area contributed by atoms with Crippen molar-refractivity contribution >= 4 is 28.9 Å². The highest BCUT2D eigenvalue weighted by Gasteiger charge is 2.52. The van der Waals surface area contributed by atoms with Crippen molar-refractivity contribution in [3.8, 4) is 0 Å². The van der Waals surface area contributed by atoms with Crippen molar-refractivity contribution in [3.63, 3.8) is 0 Å². The van der Waals surface area contributed by atoms with Gasteiger partial charge in [0.05, 0.1) is 23.3 Å². The SMILES string of the molecule is CCC1CC2C(=O)N(CC(=O)c3ccc(C)s3)C(=O)C2C1. The standard InChI is InChI=1S/C16H19NO3S/c1-3-10-6-11-12(7-10)16(20)17(15(11)19)8-13(18)14-5-4-9(2)21-14/h4-5,10-12H,3,6-8H2,1-2H3. The van der Waals surface area contributed by atoms with Gasteiger partial charge in [-0.3, -0.25) is 19.3 Å². The summed E-state index contributed by atoms with van der Waals surface area (Å²) < 4.78 is 0. The molecule has 2 heterocycles. The van der Waals surface area contributed by atoms with Gasteiger partial charge in [0, 0.05) is 4.88 Å². The van der Waals surface area contributed by atoms with Gasteiger partial charge >= 0.3 is 0 Å². The zero-order valence-electron chi connectivity index (χ0n) is 12.3. The number of thiophene rings is 1. The normalized spacial score (nSPS) is 28.3. The Kier molecular flexibility index (Phi) is 3.69. The molecule has 0 N–H and O–H groups in total. The summed E-state index contributed by atoms with van der Waals surface area (Å²) in [6.07, 6.45) is 2.62. The van der Waals surface area contributed by atoms with Gasteiger partial charge in [0.1, 0.15) is 0 Å². The van der Waals surface area contributed by atoms with Crippen molar-refractivity contribution in [3.05, 3.63) is 21.9 Å². The van der Waals surface area contributed by atoms with E-state index in [9.17, 15) is 14.4 Å². The molecule has 1 aliphatic heterocycles. The van der Waals surface area contributed by atoms with Crippen LogP contribution in [0.2, 0.25) is 0 Å². The molecule has 2 unspecified atom stereocenters. The fourth-order valence-corrected chi connectivity index (χ4v) is 4.29. The first-order valence-corrected chi connectivity index (χ1v) is 8.27. The summed E-state index contributed by atoms with van der Waals surface area (Å²) in [6, 6.07) is 3.65. The quantitative estimate of drug-likeness (QED) is 0.635. The number of rotatable bonds is 4. The first-order valence-electron chi connectivity index (χ1n) is 7.46. The third-order valence-electron chi connectivity index (χ3n) is 4.72. The summed E-state index contributed by atoms with van der Waals surface area (Å²) in [4.78, 5) is 39.9. The van der Waals surface area contributed by atoms with Crippen molar-refractivity contribution in [2.75, 3.05) is 6.54 Å². The molecule has 112 valence electrons. The lowest BCUT2D eigenvalue weighted by atomic mass is 10.00. The third-order valence-corrected chi connectivity index (χ3v) is 5.76. The summed E-state index contributed by atoms with van der Waals surface area (Å²) in [6.45, 7) is 3.94. The number of imide groups is 1. The van der Waals surface area contributed by atoms with Gasteiger partial charge in [-0.15, -0.1) is 11.3 Å². The molecule has 1 aromatic heterocycles. The average Bonchev–Trinajstić information content (AvgIpc) is 3.13. The molecule has 0 radical (unpaired) electrons. The second kappa shape index (κ2) is 5.37.